The normalized spacial score (nSPS) is 16.6. The van der Waals surface area contributed by atoms with Gasteiger partial charge in [-0.3, -0.25) is 0 Å². The molecule has 25 heavy (non-hydrogen) atoms. The molecule has 0 radical (unpaired) electrons. The number of benzene rings is 1. The maximum absolute atomic E-state index is 11.9. The Hall–Kier alpha value is -1.46. The third kappa shape index (κ3) is 6.40. The first kappa shape index (κ1) is 19.9. The van der Waals surface area contributed by atoms with Crippen molar-refractivity contribution in [1.29, 1.82) is 0 Å². The van der Waals surface area contributed by atoms with E-state index in [1.165, 1.54) is 12.8 Å². The number of aromatic hydroxyl groups is 1. The molecule has 1 aromatic rings. The van der Waals surface area contributed by atoms with Crippen LogP contribution < -0.4 is 10.6 Å². The van der Waals surface area contributed by atoms with E-state index in [-0.39, 0.29) is 11.8 Å². The monoisotopic (exact) mass is 368 g/mol. The zero-order valence-electron chi connectivity index (χ0n) is 15.3. The van der Waals surface area contributed by atoms with Gasteiger partial charge in [0.25, 0.3) is 0 Å². The Morgan fingerprint density at radius 2 is 2.04 bits per heavy atom. The van der Waals surface area contributed by atoms with Gasteiger partial charge in [-0.25, -0.2) is 4.79 Å². The summed E-state index contributed by atoms with van der Waals surface area (Å²) in [7, 11) is 0. The van der Waals surface area contributed by atoms with Crippen LogP contribution in [-0.2, 0) is 11.3 Å². The molecule has 6 heteroatoms. The molecule has 3 N–H and O–H groups in total. The second-order valence-electron chi connectivity index (χ2n) is 7.65. The summed E-state index contributed by atoms with van der Waals surface area (Å²) < 4.78 is 5.31. The third-order valence-corrected chi connectivity index (χ3v) is 4.82. The number of nitrogens with one attached hydrogen (secondary N) is 2. The molecule has 0 saturated heterocycles. The van der Waals surface area contributed by atoms with Gasteiger partial charge in [0.15, 0.2) is 0 Å². The quantitative estimate of drug-likeness (QED) is 0.703. The molecule has 2 rings (SSSR count). The highest BCUT2D eigenvalue weighted by molar-refractivity contribution is 6.31. The van der Waals surface area contributed by atoms with Crippen LogP contribution in [0, 0.1) is 5.92 Å². The lowest BCUT2D eigenvalue weighted by Gasteiger charge is -2.27. The fraction of sp³-hybridized carbons (Fsp3) is 0.632. The fourth-order valence-electron chi connectivity index (χ4n) is 3.23. The van der Waals surface area contributed by atoms with Gasteiger partial charge in [0.05, 0.1) is 0 Å². The van der Waals surface area contributed by atoms with E-state index in [2.05, 4.69) is 10.6 Å². The van der Waals surface area contributed by atoms with E-state index >= 15 is 0 Å². The molecular formula is C19H29ClN2O3. The van der Waals surface area contributed by atoms with Crippen molar-refractivity contribution in [1.82, 2.24) is 10.6 Å². The number of ether oxygens (including phenoxy) is 1. The minimum atomic E-state index is -0.510. The summed E-state index contributed by atoms with van der Waals surface area (Å²) >= 11 is 6.18. The molecule has 1 aliphatic carbocycles. The van der Waals surface area contributed by atoms with Crippen molar-refractivity contribution in [3.05, 3.63) is 28.8 Å². The van der Waals surface area contributed by atoms with Gasteiger partial charge < -0.3 is 20.5 Å². The van der Waals surface area contributed by atoms with Crippen LogP contribution in [0.3, 0.4) is 0 Å². The zero-order valence-corrected chi connectivity index (χ0v) is 16.0. The third-order valence-electron chi connectivity index (χ3n) is 4.47. The first-order valence-corrected chi connectivity index (χ1v) is 9.30. The Morgan fingerprint density at radius 1 is 1.36 bits per heavy atom. The van der Waals surface area contributed by atoms with Gasteiger partial charge in [0, 0.05) is 29.7 Å². The number of amides is 1. The molecule has 1 atom stereocenters. The van der Waals surface area contributed by atoms with Crippen LogP contribution in [-0.4, -0.2) is 29.4 Å². The molecule has 1 aliphatic rings. The highest BCUT2D eigenvalue weighted by Crippen LogP contribution is 2.29. The van der Waals surface area contributed by atoms with Gasteiger partial charge >= 0.3 is 6.09 Å². The van der Waals surface area contributed by atoms with Crippen molar-refractivity contribution in [2.45, 2.75) is 64.6 Å². The van der Waals surface area contributed by atoms with Crippen molar-refractivity contribution < 1.29 is 14.6 Å². The summed E-state index contributed by atoms with van der Waals surface area (Å²) in [5, 5.41) is 16.9. The number of carbonyl (C=O) groups is 1. The smallest absolute Gasteiger partial charge is 0.407 e. The van der Waals surface area contributed by atoms with E-state index in [0.29, 0.717) is 29.6 Å². The van der Waals surface area contributed by atoms with Crippen LogP contribution in [0.2, 0.25) is 5.02 Å². The molecule has 0 spiro atoms. The lowest BCUT2D eigenvalue weighted by Crippen LogP contribution is -2.45. The zero-order chi connectivity index (χ0) is 18.4. The lowest BCUT2D eigenvalue weighted by atomic mass is 9.97. The van der Waals surface area contributed by atoms with E-state index in [1.807, 2.05) is 20.8 Å². The molecule has 0 aliphatic heterocycles. The molecule has 1 aromatic carbocycles. The maximum Gasteiger partial charge on any atom is 0.407 e. The highest BCUT2D eigenvalue weighted by atomic mass is 35.5. The summed E-state index contributed by atoms with van der Waals surface area (Å²) in [4.78, 5) is 11.9. The number of hydrogen-bond acceptors (Lipinski definition) is 4. The summed E-state index contributed by atoms with van der Waals surface area (Å²) in [6.07, 6.45) is 4.31. The van der Waals surface area contributed by atoms with E-state index in [0.717, 1.165) is 12.8 Å². The molecule has 0 bridgehead atoms. The summed E-state index contributed by atoms with van der Waals surface area (Å²) in [6.45, 7) is 6.49. The minimum absolute atomic E-state index is 0.116. The van der Waals surface area contributed by atoms with Crippen molar-refractivity contribution in [2.24, 2.45) is 5.92 Å². The Balaban J connectivity index is 1.95. The average Bonchev–Trinajstić information content (AvgIpc) is 3.02. The highest BCUT2D eigenvalue weighted by Gasteiger charge is 2.26. The van der Waals surface area contributed by atoms with E-state index < -0.39 is 11.7 Å². The van der Waals surface area contributed by atoms with Gasteiger partial charge in [0.2, 0.25) is 0 Å². The van der Waals surface area contributed by atoms with Crippen LogP contribution in [0.5, 0.6) is 5.75 Å². The topological polar surface area (TPSA) is 70.6 Å². The first-order valence-electron chi connectivity index (χ1n) is 8.93. The number of alkyl carbamates (subject to hydrolysis) is 1. The maximum atomic E-state index is 11.9. The van der Waals surface area contributed by atoms with Gasteiger partial charge in [0.1, 0.15) is 11.4 Å². The second-order valence-corrected chi connectivity index (χ2v) is 8.06. The molecule has 1 unspecified atom stereocenters. The summed E-state index contributed by atoms with van der Waals surface area (Å²) in [6, 6.07) is 5.24. The van der Waals surface area contributed by atoms with Gasteiger partial charge in [-0.2, -0.15) is 0 Å². The largest absolute Gasteiger partial charge is 0.508 e. The van der Waals surface area contributed by atoms with Gasteiger partial charge in [-0.15, -0.1) is 0 Å². The molecule has 1 amide bonds. The standard InChI is InChI=1S/C19H29ClN2O3/c1-19(2,3)25-18(24)22-12-16(13-7-4-5-8-13)21-11-14-15(20)9-6-10-17(14)23/h6,9-10,13,16,21,23H,4-5,7-8,11-12H2,1-3H3,(H,22,24). The predicted octanol–water partition coefficient (Wildman–Crippen LogP) is 4.22. The molecule has 1 fully saturated rings. The average molecular weight is 369 g/mol. The number of carbonyl (C=O) groups excluding carboxylic acids is 1. The van der Waals surface area contributed by atoms with Crippen molar-refractivity contribution >= 4 is 17.7 Å². The minimum Gasteiger partial charge on any atom is -0.508 e. The van der Waals surface area contributed by atoms with E-state index in [4.69, 9.17) is 16.3 Å². The lowest BCUT2D eigenvalue weighted by molar-refractivity contribution is 0.0518. The van der Waals surface area contributed by atoms with Crippen LogP contribution in [0.4, 0.5) is 4.79 Å². The molecule has 140 valence electrons. The Morgan fingerprint density at radius 3 is 2.64 bits per heavy atom. The van der Waals surface area contributed by atoms with Crippen molar-refractivity contribution in [3.8, 4) is 5.75 Å². The van der Waals surface area contributed by atoms with Crippen molar-refractivity contribution in [3.63, 3.8) is 0 Å². The second kappa shape index (κ2) is 8.77. The van der Waals surface area contributed by atoms with Crippen LogP contribution >= 0.6 is 11.6 Å². The molecular weight excluding hydrogens is 340 g/mol. The van der Waals surface area contributed by atoms with Crippen molar-refractivity contribution in [2.75, 3.05) is 6.54 Å². The Labute approximate surface area is 155 Å². The van der Waals surface area contributed by atoms with Crippen LogP contribution in [0.25, 0.3) is 0 Å². The molecule has 0 aromatic heterocycles. The number of rotatable bonds is 6. The Bertz CT molecular complexity index is 560. The van der Waals surface area contributed by atoms with Crippen LogP contribution in [0.1, 0.15) is 52.0 Å². The number of phenolic OH excluding ortho intramolecular Hbond substituents is 1. The molecule has 1 saturated carbocycles. The van der Waals surface area contributed by atoms with Gasteiger partial charge in [-0.1, -0.05) is 30.5 Å². The predicted molar refractivity (Wildman–Crippen MR) is 99.9 cm³/mol. The number of halogens is 1. The Kier molecular flexibility index (Phi) is 6.96. The summed E-state index contributed by atoms with van der Waals surface area (Å²) in [5.41, 5.74) is 0.174. The van der Waals surface area contributed by atoms with E-state index in [1.54, 1.807) is 18.2 Å². The van der Waals surface area contributed by atoms with E-state index in [9.17, 15) is 9.90 Å². The number of phenols is 1. The molecule has 5 nitrogen and oxygen atoms in total. The van der Waals surface area contributed by atoms with Gasteiger partial charge in [-0.05, 0) is 51.7 Å². The van der Waals surface area contributed by atoms with Crippen LogP contribution in [0.15, 0.2) is 18.2 Å². The SMILES string of the molecule is CC(C)(C)OC(=O)NCC(NCc1c(O)cccc1Cl)C1CCCC1. The summed E-state index contributed by atoms with van der Waals surface area (Å²) in [5.74, 6) is 0.685. The fourth-order valence-corrected chi connectivity index (χ4v) is 3.46. The number of hydrogen-bond donors (Lipinski definition) is 3. The first-order chi connectivity index (χ1) is 11.8. The molecule has 0 heterocycles.